The number of rotatable bonds is 4. The molecule has 1 aromatic carbocycles. The summed E-state index contributed by atoms with van der Waals surface area (Å²) in [5.41, 5.74) is 2.79. The summed E-state index contributed by atoms with van der Waals surface area (Å²) in [6, 6.07) is 5.56. The number of Topliss-reactive ketones (excluding diaryl/α,β-unsaturated/α-hetero) is 1. The van der Waals surface area contributed by atoms with Gasteiger partial charge in [-0.05, 0) is 38.8 Å². The molecule has 4 nitrogen and oxygen atoms in total. The van der Waals surface area contributed by atoms with Gasteiger partial charge in [0.25, 0.3) is 0 Å². The van der Waals surface area contributed by atoms with Crippen molar-refractivity contribution >= 4 is 21.3 Å². The van der Waals surface area contributed by atoms with E-state index in [9.17, 15) is 13.2 Å². The number of fused-ring (bicyclic) bond motifs is 1. The van der Waals surface area contributed by atoms with E-state index >= 15 is 0 Å². The van der Waals surface area contributed by atoms with E-state index in [0.717, 1.165) is 18.7 Å². The minimum absolute atomic E-state index is 0.0401. The van der Waals surface area contributed by atoms with Gasteiger partial charge in [0.15, 0.2) is 15.6 Å². The first kappa shape index (κ1) is 15.0. The van der Waals surface area contributed by atoms with Gasteiger partial charge in [-0.15, -0.1) is 0 Å². The van der Waals surface area contributed by atoms with Gasteiger partial charge in [-0.25, -0.2) is 8.42 Å². The topological polar surface area (TPSA) is 63.2 Å². The average Bonchev–Trinajstić information content (AvgIpc) is 2.81. The molecule has 2 rings (SSSR count). The van der Waals surface area contributed by atoms with Crippen molar-refractivity contribution in [3.8, 4) is 0 Å². The molecule has 0 atom stereocenters. The van der Waals surface area contributed by atoms with Gasteiger partial charge in [0.1, 0.15) is 0 Å². The van der Waals surface area contributed by atoms with Gasteiger partial charge >= 0.3 is 0 Å². The average molecular weight is 295 g/mol. The van der Waals surface area contributed by atoms with Gasteiger partial charge in [0.05, 0.1) is 10.5 Å². The molecule has 1 aliphatic heterocycles. The molecule has 0 saturated heterocycles. The zero-order valence-corrected chi connectivity index (χ0v) is 13.0. The van der Waals surface area contributed by atoms with Crippen LogP contribution in [0.5, 0.6) is 0 Å². The molecule has 0 aromatic heterocycles. The normalized spacial score (nSPS) is 14.8. The number of carbonyl (C=O) groups is 1. The van der Waals surface area contributed by atoms with Crippen molar-refractivity contribution < 1.29 is 13.2 Å². The second kappa shape index (κ2) is 5.20. The molecule has 0 amide bonds. The van der Waals surface area contributed by atoms with Gasteiger partial charge in [-0.1, -0.05) is 12.1 Å². The van der Waals surface area contributed by atoms with Crippen LogP contribution < -0.4 is 5.32 Å². The van der Waals surface area contributed by atoms with Crippen molar-refractivity contribution in [2.24, 2.45) is 0 Å². The van der Waals surface area contributed by atoms with Crippen LogP contribution >= 0.6 is 0 Å². The van der Waals surface area contributed by atoms with E-state index in [1.807, 2.05) is 12.1 Å². The molecule has 0 fully saturated rings. The number of hydrogen-bond donors (Lipinski definition) is 1. The Labute approximate surface area is 120 Å². The van der Waals surface area contributed by atoms with Crippen molar-refractivity contribution in [3.63, 3.8) is 0 Å². The van der Waals surface area contributed by atoms with Crippen LogP contribution in [0.15, 0.2) is 18.2 Å². The standard InChI is InChI=1S/C15H21NO3S/c1-15(2,3)20(18,19)9-7-14(17)12-5-4-11-6-8-16-13(11)10-12/h4-5,10,16H,6-9H2,1-3H3. The molecular weight excluding hydrogens is 274 g/mol. The number of anilines is 1. The minimum Gasteiger partial charge on any atom is -0.384 e. The second-order valence-corrected chi connectivity index (χ2v) is 9.02. The molecule has 0 radical (unpaired) electrons. The van der Waals surface area contributed by atoms with Crippen LogP contribution in [-0.2, 0) is 16.3 Å². The van der Waals surface area contributed by atoms with Crippen molar-refractivity contribution in [3.05, 3.63) is 29.3 Å². The Kier molecular flexibility index (Phi) is 3.91. The Morgan fingerprint density at radius 3 is 2.65 bits per heavy atom. The smallest absolute Gasteiger partial charge is 0.163 e. The largest absolute Gasteiger partial charge is 0.384 e. The van der Waals surface area contributed by atoms with Gasteiger partial charge < -0.3 is 5.32 Å². The Hall–Kier alpha value is -1.36. The highest BCUT2D eigenvalue weighted by Gasteiger charge is 2.29. The lowest BCUT2D eigenvalue weighted by atomic mass is 10.0. The van der Waals surface area contributed by atoms with E-state index in [2.05, 4.69) is 5.32 Å². The molecule has 1 aliphatic rings. The Morgan fingerprint density at radius 2 is 2.00 bits per heavy atom. The number of sulfone groups is 1. The molecule has 0 saturated carbocycles. The van der Waals surface area contributed by atoms with Gasteiger partial charge in [-0.2, -0.15) is 0 Å². The number of ketones is 1. The second-order valence-electron chi connectivity index (χ2n) is 6.15. The van der Waals surface area contributed by atoms with Gasteiger partial charge in [-0.3, -0.25) is 4.79 Å². The van der Waals surface area contributed by atoms with Crippen LogP contribution in [0.25, 0.3) is 0 Å². The monoisotopic (exact) mass is 295 g/mol. The molecule has 0 bridgehead atoms. The molecule has 110 valence electrons. The molecular formula is C15H21NO3S. The van der Waals surface area contributed by atoms with Crippen LogP contribution in [0.2, 0.25) is 0 Å². The maximum absolute atomic E-state index is 12.1. The quantitative estimate of drug-likeness (QED) is 0.867. The first-order valence-corrected chi connectivity index (χ1v) is 8.48. The lowest BCUT2D eigenvalue weighted by molar-refractivity contribution is 0.0988. The van der Waals surface area contributed by atoms with E-state index < -0.39 is 14.6 Å². The molecule has 5 heteroatoms. The van der Waals surface area contributed by atoms with Crippen LogP contribution in [0, 0.1) is 0 Å². The minimum atomic E-state index is -3.25. The molecule has 1 N–H and O–H groups in total. The summed E-state index contributed by atoms with van der Waals surface area (Å²) >= 11 is 0. The van der Waals surface area contributed by atoms with Crippen LogP contribution in [0.4, 0.5) is 5.69 Å². The summed E-state index contributed by atoms with van der Waals surface area (Å²) in [4.78, 5) is 12.1. The van der Waals surface area contributed by atoms with E-state index in [1.54, 1.807) is 26.8 Å². The van der Waals surface area contributed by atoms with E-state index in [1.165, 1.54) is 5.56 Å². The highest BCUT2D eigenvalue weighted by atomic mass is 32.2. The summed E-state index contributed by atoms with van der Waals surface area (Å²) in [5, 5.41) is 3.22. The third-order valence-electron chi connectivity index (χ3n) is 3.67. The highest BCUT2D eigenvalue weighted by molar-refractivity contribution is 7.92. The summed E-state index contributed by atoms with van der Waals surface area (Å²) in [6.07, 6.45) is 1.01. The fourth-order valence-electron chi connectivity index (χ4n) is 2.14. The zero-order chi connectivity index (χ0) is 15.0. The SMILES string of the molecule is CC(C)(C)S(=O)(=O)CCC(=O)c1ccc2c(c1)NCC2. The van der Waals surface area contributed by atoms with Crippen molar-refractivity contribution in [1.29, 1.82) is 0 Å². The van der Waals surface area contributed by atoms with Crippen molar-refractivity contribution in [2.75, 3.05) is 17.6 Å². The third kappa shape index (κ3) is 3.03. The lowest BCUT2D eigenvalue weighted by Gasteiger charge is -2.18. The first-order valence-electron chi connectivity index (χ1n) is 6.83. The molecule has 1 heterocycles. The fourth-order valence-corrected chi connectivity index (χ4v) is 3.21. The van der Waals surface area contributed by atoms with Crippen LogP contribution in [-0.4, -0.2) is 31.2 Å². The maximum atomic E-state index is 12.1. The Bertz CT molecular complexity index is 627. The Balaban J connectivity index is 2.06. The maximum Gasteiger partial charge on any atom is 0.163 e. The highest BCUT2D eigenvalue weighted by Crippen LogP contribution is 2.24. The van der Waals surface area contributed by atoms with Gasteiger partial charge in [0.2, 0.25) is 0 Å². The zero-order valence-electron chi connectivity index (χ0n) is 12.2. The van der Waals surface area contributed by atoms with E-state index in [0.29, 0.717) is 5.56 Å². The first-order chi connectivity index (χ1) is 9.21. The molecule has 0 aliphatic carbocycles. The van der Waals surface area contributed by atoms with Crippen molar-refractivity contribution in [2.45, 2.75) is 38.4 Å². The van der Waals surface area contributed by atoms with E-state index in [4.69, 9.17) is 0 Å². The fraction of sp³-hybridized carbons (Fsp3) is 0.533. The Morgan fingerprint density at radius 1 is 1.30 bits per heavy atom. The summed E-state index contributed by atoms with van der Waals surface area (Å²) in [6.45, 7) is 5.87. The number of nitrogens with one attached hydrogen (secondary N) is 1. The summed E-state index contributed by atoms with van der Waals surface area (Å²) in [5.74, 6) is -0.214. The third-order valence-corrected chi connectivity index (χ3v) is 6.28. The number of carbonyl (C=O) groups excluding carboxylic acids is 1. The van der Waals surface area contributed by atoms with E-state index in [-0.39, 0.29) is 18.0 Å². The predicted molar refractivity (Wildman–Crippen MR) is 81.1 cm³/mol. The molecule has 1 aromatic rings. The van der Waals surface area contributed by atoms with Crippen molar-refractivity contribution in [1.82, 2.24) is 0 Å². The predicted octanol–water partition coefficient (Wildman–Crippen LogP) is 2.44. The summed E-state index contributed by atoms with van der Waals surface area (Å²) < 4.78 is 23.2. The number of benzene rings is 1. The number of hydrogen-bond acceptors (Lipinski definition) is 4. The molecule has 0 unspecified atom stereocenters. The molecule has 20 heavy (non-hydrogen) atoms. The van der Waals surface area contributed by atoms with Crippen LogP contribution in [0.1, 0.15) is 43.1 Å². The van der Waals surface area contributed by atoms with Gasteiger partial charge in [0, 0.05) is 24.2 Å². The summed E-state index contributed by atoms with van der Waals surface area (Å²) in [7, 11) is -3.25. The lowest BCUT2D eigenvalue weighted by Crippen LogP contribution is -2.31. The molecule has 0 spiro atoms. The van der Waals surface area contributed by atoms with Crippen LogP contribution in [0.3, 0.4) is 0 Å².